The molecule has 0 spiro atoms. The number of hydrogen-bond acceptors (Lipinski definition) is 7. The van der Waals surface area contributed by atoms with E-state index in [0.717, 1.165) is 5.69 Å². The first-order valence-corrected chi connectivity index (χ1v) is 11.9. The number of amides is 1. The Kier molecular flexibility index (Phi) is 6.15. The summed E-state index contributed by atoms with van der Waals surface area (Å²) >= 11 is 0. The highest BCUT2D eigenvalue weighted by Gasteiger charge is 2.24. The Hall–Kier alpha value is -3.37. The fraction of sp³-hybridized carbons (Fsp3) is 0.273. The molecule has 0 saturated carbocycles. The van der Waals surface area contributed by atoms with Gasteiger partial charge in [-0.05, 0) is 36.4 Å². The van der Waals surface area contributed by atoms with E-state index in [-0.39, 0.29) is 5.69 Å². The number of carbonyl (C=O) groups is 1. The average molecular weight is 457 g/mol. The van der Waals surface area contributed by atoms with Gasteiger partial charge in [0.15, 0.2) is 17.8 Å². The van der Waals surface area contributed by atoms with Crippen LogP contribution < -0.4 is 15.0 Å². The van der Waals surface area contributed by atoms with Gasteiger partial charge in [0.05, 0.1) is 18.9 Å². The highest BCUT2D eigenvalue weighted by atomic mass is 32.2. The Labute approximate surface area is 186 Å². The molecule has 9 nitrogen and oxygen atoms in total. The fourth-order valence-electron chi connectivity index (χ4n) is 3.66. The molecule has 1 fully saturated rings. The number of ether oxygens (including phenoxy) is 1. The second-order valence-corrected chi connectivity index (χ2v) is 9.36. The van der Waals surface area contributed by atoms with Gasteiger partial charge in [0, 0.05) is 37.6 Å². The lowest BCUT2D eigenvalue weighted by atomic mass is 10.1. The van der Waals surface area contributed by atoms with Crippen molar-refractivity contribution in [2.75, 3.05) is 49.8 Å². The number of nitrogens with one attached hydrogen (secondary N) is 1. The Balaban J connectivity index is 1.44. The van der Waals surface area contributed by atoms with Crippen LogP contribution in [0.2, 0.25) is 0 Å². The molecular weight excluding hydrogens is 432 g/mol. The van der Waals surface area contributed by atoms with E-state index in [2.05, 4.69) is 15.2 Å². The molecule has 0 radical (unpaired) electrons. The van der Waals surface area contributed by atoms with Gasteiger partial charge in [-0.1, -0.05) is 12.1 Å². The topological polar surface area (TPSA) is 105 Å². The number of carbonyl (C=O) groups excluding carboxylic acids is 1. The molecule has 1 N–H and O–H groups in total. The largest absolute Gasteiger partial charge is 0.496 e. The maximum absolute atomic E-state index is 12.8. The summed E-state index contributed by atoms with van der Waals surface area (Å²) in [5.74, 6) is 0.521. The molecule has 1 amide bonds. The number of piperazine rings is 1. The Morgan fingerprint density at radius 1 is 1.06 bits per heavy atom. The van der Waals surface area contributed by atoms with E-state index in [9.17, 15) is 13.2 Å². The van der Waals surface area contributed by atoms with Crippen molar-refractivity contribution in [2.45, 2.75) is 0 Å². The third kappa shape index (κ3) is 4.61. The van der Waals surface area contributed by atoms with E-state index in [1.165, 1.54) is 17.0 Å². The predicted molar refractivity (Wildman–Crippen MR) is 122 cm³/mol. The quantitative estimate of drug-likeness (QED) is 0.608. The zero-order valence-electron chi connectivity index (χ0n) is 17.8. The summed E-state index contributed by atoms with van der Waals surface area (Å²) in [5.41, 5.74) is 2.38. The maximum Gasteiger partial charge on any atom is 0.278 e. The van der Waals surface area contributed by atoms with Crippen LogP contribution in [0.5, 0.6) is 5.75 Å². The molecule has 4 rings (SSSR count). The lowest BCUT2D eigenvalue weighted by Crippen LogP contribution is -2.48. The number of methoxy groups -OCH3 is 1. The van der Waals surface area contributed by atoms with Crippen LogP contribution >= 0.6 is 0 Å². The average Bonchev–Trinajstić information content (AvgIpc) is 3.29. The molecule has 32 heavy (non-hydrogen) atoms. The molecule has 3 aromatic rings. The summed E-state index contributed by atoms with van der Waals surface area (Å²) in [4.78, 5) is 19.0. The summed E-state index contributed by atoms with van der Waals surface area (Å²) < 4.78 is 35.7. The summed E-state index contributed by atoms with van der Waals surface area (Å²) in [7, 11) is -1.61. The lowest BCUT2D eigenvalue weighted by molar-refractivity contribution is 0.102. The molecule has 0 atom stereocenters. The molecule has 0 aliphatic carbocycles. The van der Waals surface area contributed by atoms with Crippen LogP contribution in [0.25, 0.3) is 11.3 Å². The number of aromatic nitrogens is 1. The molecule has 1 aliphatic heterocycles. The number of nitrogens with zero attached hydrogens (tertiary/aromatic N) is 3. The molecule has 0 bridgehead atoms. The highest BCUT2D eigenvalue weighted by Crippen LogP contribution is 2.32. The van der Waals surface area contributed by atoms with Gasteiger partial charge in [0.2, 0.25) is 10.0 Å². The van der Waals surface area contributed by atoms with Crippen molar-refractivity contribution < 1.29 is 22.4 Å². The number of para-hydroxylation sites is 1. The number of benzene rings is 2. The molecule has 1 saturated heterocycles. The first-order chi connectivity index (χ1) is 15.4. The maximum atomic E-state index is 12.8. The van der Waals surface area contributed by atoms with Crippen LogP contribution in [0.4, 0.5) is 11.4 Å². The van der Waals surface area contributed by atoms with Gasteiger partial charge in [-0.25, -0.2) is 13.4 Å². The standard InChI is InChI=1S/C22H24N4O5S/c1-30-19-6-4-3-5-18(19)21-20(23-15-31-21)22(27)24-16-7-9-17(10-8-16)25-11-13-26(14-12-25)32(2,28)29/h3-10,15H,11-14H2,1-2H3,(H,24,27). The van der Waals surface area contributed by atoms with Crippen LogP contribution in [0.1, 0.15) is 10.5 Å². The first kappa shape index (κ1) is 21.8. The minimum Gasteiger partial charge on any atom is -0.496 e. The zero-order chi connectivity index (χ0) is 22.7. The molecule has 0 unspecified atom stereocenters. The second kappa shape index (κ2) is 9.01. The van der Waals surface area contributed by atoms with Gasteiger partial charge in [-0.15, -0.1) is 0 Å². The minimum absolute atomic E-state index is 0.162. The van der Waals surface area contributed by atoms with Gasteiger partial charge in [-0.2, -0.15) is 4.31 Å². The zero-order valence-corrected chi connectivity index (χ0v) is 18.6. The third-order valence-electron chi connectivity index (χ3n) is 5.33. The van der Waals surface area contributed by atoms with Crippen LogP contribution in [0.15, 0.2) is 59.3 Å². The summed E-state index contributed by atoms with van der Waals surface area (Å²) in [5, 5.41) is 2.84. The van der Waals surface area contributed by atoms with Gasteiger partial charge < -0.3 is 19.4 Å². The van der Waals surface area contributed by atoms with Gasteiger partial charge in [0.25, 0.3) is 5.91 Å². The van der Waals surface area contributed by atoms with Crippen molar-refractivity contribution in [1.82, 2.24) is 9.29 Å². The van der Waals surface area contributed by atoms with Gasteiger partial charge in [0.1, 0.15) is 5.75 Å². The minimum atomic E-state index is -3.16. The predicted octanol–water partition coefficient (Wildman–Crippen LogP) is 2.68. The summed E-state index contributed by atoms with van der Waals surface area (Å²) in [6.07, 6.45) is 2.46. The van der Waals surface area contributed by atoms with Crippen LogP contribution in [-0.4, -0.2) is 63.2 Å². The van der Waals surface area contributed by atoms with E-state index in [0.29, 0.717) is 48.9 Å². The highest BCUT2D eigenvalue weighted by molar-refractivity contribution is 7.88. The Morgan fingerprint density at radius 2 is 1.75 bits per heavy atom. The van der Waals surface area contributed by atoms with E-state index in [4.69, 9.17) is 9.15 Å². The number of anilines is 2. The van der Waals surface area contributed by atoms with Crippen LogP contribution in [0, 0.1) is 0 Å². The number of oxazole rings is 1. The van der Waals surface area contributed by atoms with Crippen molar-refractivity contribution in [1.29, 1.82) is 0 Å². The van der Waals surface area contributed by atoms with E-state index >= 15 is 0 Å². The van der Waals surface area contributed by atoms with E-state index < -0.39 is 15.9 Å². The number of sulfonamides is 1. The Bertz CT molecular complexity index is 1200. The summed E-state index contributed by atoms with van der Waals surface area (Å²) in [6.45, 7) is 2.13. The molecule has 168 valence electrons. The molecule has 1 aliphatic rings. The second-order valence-electron chi connectivity index (χ2n) is 7.38. The van der Waals surface area contributed by atoms with E-state index in [1.54, 1.807) is 31.4 Å². The molecule has 2 aromatic carbocycles. The van der Waals surface area contributed by atoms with Crippen molar-refractivity contribution in [2.24, 2.45) is 0 Å². The monoisotopic (exact) mass is 456 g/mol. The van der Waals surface area contributed by atoms with Crippen LogP contribution in [-0.2, 0) is 10.0 Å². The number of rotatable bonds is 6. The molecule has 1 aromatic heterocycles. The third-order valence-corrected chi connectivity index (χ3v) is 6.64. The molecular formula is C22H24N4O5S. The van der Waals surface area contributed by atoms with Gasteiger partial charge in [-0.3, -0.25) is 4.79 Å². The molecule has 10 heteroatoms. The van der Waals surface area contributed by atoms with Crippen molar-refractivity contribution in [3.8, 4) is 17.1 Å². The van der Waals surface area contributed by atoms with Crippen LogP contribution in [0.3, 0.4) is 0 Å². The normalized spacial score (nSPS) is 14.9. The SMILES string of the molecule is COc1ccccc1-c1ocnc1C(=O)Nc1ccc(N2CCN(S(C)(=O)=O)CC2)cc1. The molecule has 2 heterocycles. The van der Waals surface area contributed by atoms with Crippen molar-refractivity contribution in [3.63, 3.8) is 0 Å². The lowest BCUT2D eigenvalue weighted by Gasteiger charge is -2.34. The van der Waals surface area contributed by atoms with Gasteiger partial charge >= 0.3 is 0 Å². The smallest absolute Gasteiger partial charge is 0.278 e. The van der Waals surface area contributed by atoms with Crippen molar-refractivity contribution >= 4 is 27.3 Å². The Morgan fingerprint density at radius 3 is 2.41 bits per heavy atom. The van der Waals surface area contributed by atoms with Crippen molar-refractivity contribution in [3.05, 3.63) is 60.6 Å². The summed E-state index contributed by atoms with van der Waals surface area (Å²) in [6, 6.07) is 14.7. The van der Waals surface area contributed by atoms with E-state index in [1.807, 2.05) is 24.3 Å². The first-order valence-electron chi connectivity index (χ1n) is 10.0. The fourth-order valence-corrected chi connectivity index (χ4v) is 4.48. The number of hydrogen-bond donors (Lipinski definition) is 1.